The number of aryl methyl sites for hydroxylation is 2. The second-order valence-corrected chi connectivity index (χ2v) is 7.35. The Balaban J connectivity index is 1.90. The highest BCUT2D eigenvalue weighted by molar-refractivity contribution is 7.17. The van der Waals surface area contributed by atoms with Gasteiger partial charge in [0.05, 0.1) is 11.7 Å². The van der Waals surface area contributed by atoms with Crippen LogP contribution in [0.4, 0.5) is 0 Å². The highest BCUT2D eigenvalue weighted by atomic mass is 32.1. The quantitative estimate of drug-likeness (QED) is 0.779. The van der Waals surface area contributed by atoms with Crippen LogP contribution < -0.4 is 5.56 Å². The minimum absolute atomic E-state index is 0.297. The first-order valence-corrected chi connectivity index (χ1v) is 9.27. The number of rotatable bonds is 3. The van der Waals surface area contributed by atoms with E-state index in [0.29, 0.717) is 10.2 Å². The molecule has 2 aromatic heterocycles. The molecule has 0 bridgehead atoms. The van der Waals surface area contributed by atoms with Crippen molar-refractivity contribution in [3.05, 3.63) is 51.4 Å². The van der Waals surface area contributed by atoms with Crippen molar-refractivity contribution in [2.45, 2.75) is 38.6 Å². The molecule has 5 nitrogen and oxygen atoms in total. The average Bonchev–Trinajstić information content (AvgIpc) is 3.06. The Morgan fingerprint density at radius 2 is 2.04 bits per heavy atom. The fourth-order valence-electron chi connectivity index (χ4n) is 3.45. The number of thiophene rings is 1. The number of benzene rings is 1. The Morgan fingerprint density at radius 3 is 2.80 bits per heavy atom. The first-order chi connectivity index (χ1) is 12.1. The van der Waals surface area contributed by atoms with Gasteiger partial charge >= 0.3 is 5.97 Å². The smallest absolute Gasteiger partial charge is 0.326 e. The predicted molar refractivity (Wildman–Crippen MR) is 98.3 cm³/mol. The van der Waals surface area contributed by atoms with E-state index < -0.39 is 12.0 Å². The molecule has 0 amide bonds. The number of aromatic nitrogens is 2. The lowest BCUT2D eigenvalue weighted by Crippen LogP contribution is -2.28. The molecule has 0 spiro atoms. The van der Waals surface area contributed by atoms with Crippen LogP contribution in [0.15, 0.2) is 34.7 Å². The fraction of sp³-hybridized carbons (Fsp3) is 0.316. The average molecular weight is 354 g/mol. The van der Waals surface area contributed by atoms with E-state index in [1.165, 1.54) is 53.1 Å². The van der Waals surface area contributed by atoms with Crippen molar-refractivity contribution in [3.63, 3.8) is 0 Å². The summed E-state index contributed by atoms with van der Waals surface area (Å²) in [5, 5.41) is 11.7. The maximum Gasteiger partial charge on any atom is 0.326 e. The zero-order valence-electron chi connectivity index (χ0n) is 13.9. The monoisotopic (exact) mass is 354 g/mol. The maximum absolute atomic E-state index is 12.9. The van der Waals surface area contributed by atoms with Gasteiger partial charge in [-0.25, -0.2) is 9.78 Å². The summed E-state index contributed by atoms with van der Waals surface area (Å²) >= 11 is 1.42. The van der Waals surface area contributed by atoms with E-state index in [9.17, 15) is 14.7 Å². The first kappa shape index (κ1) is 16.0. The van der Waals surface area contributed by atoms with Gasteiger partial charge in [-0.2, -0.15) is 0 Å². The zero-order chi connectivity index (χ0) is 17.6. The number of hydrogen-bond acceptors (Lipinski definition) is 4. The fourth-order valence-corrected chi connectivity index (χ4v) is 4.36. The molecule has 1 unspecified atom stereocenters. The van der Waals surface area contributed by atoms with E-state index in [2.05, 4.69) is 23.2 Å². The van der Waals surface area contributed by atoms with Crippen molar-refractivity contribution in [1.29, 1.82) is 0 Å². The highest BCUT2D eigenvalue weighted by Gasteiger charge is 2.20. The SMILES string of the molecule is CC(C(=O)O)n1cnc2scc(-c3ccc4c(c3)CCCC4)c2c1=O. The summed E-state index contributed by atoms with van der Waals surface area (Å²) in [4.78, 5) is 29.1. The molecule has 1 aromatic carbocycles. The van der Waals surface area contributed by atoms with Gasteiger partial charge in [0.2, 0.25) is 0 Å². The Bertz CT molecular complexity index is 1030. The third-order valence-corrected chi connectivity index (χ3v) is 5.84. The summed E-state index contributed by atoms with van der Waals surface area (Å²) < 4.78 is 1.19. The number of nitrogens with zero attached hydrogens (tertiary/aromatic N) is 2. The van der Waals surface area contributed by atoms with Gasteiger partial charge in [0.1, 0.15) is 10.9 Å². The molecule has 1 N–H and O–H groups in total. The summed E-state index contributed by atoms with van der Waals surface area (Å²) in [6, 6.07) is 5.44. The molecular weight excluding hydrogens is 336 g/mol. The van der Waals surface area contributed by atoms with Gasteiger partial charge in [-0.3, -0.25) is 9.36 Å². The second-order valence-electron chi connectivity index (χ2n) is 6.49. The van der Waals surface area contributed by atoms with Crippen molar-refractivity contribution in [3.8, 4) is 11.1 Å². The van der Waals surface area contributed by atoms with Crippen LogP contribution in [0.3, 0.4) is 0 Å². The number of carboxylic acids is 1. The minimum atomic E-state index is -1.05. The maximum atomic E-state index is 12.9. The van der Waals surface area contributed by atoms with E-state index in [4.69, 9.17) is 0 Å². The third kappa shape index (κ3) is 2.66. The van der Waals surface area contributed by atoms with E-state index in [1.54, 1.807) is 0 Å². The van der Waals surface area contributed by atoms with Gasteiger partial charge in [-0.1, -0.05) is 18.2 Å². The summed E-state index contributed by atoms with van der Waals surface area (Å²) in [5.41, 5.74) is 4.30. The Hall–Kier alpha value is -2.47. The van der Waals surface area contributed by atoms with Crippen LogP contribution in [0.25, 0.3) is 21.3 Å². The van der Waals surface area contributed by atoms with Gasteiger partial charge in [-0.05, 0) is 49.3 Å². The lowest BCUT2D eigenvalue weighted by atomic mass is 9.89. The Morgan fingerprint density at radius 1 is 1.28 bits per heavy atom. The number of aliphatic carboxylic acids is 1. The van der Waals surface area contributed by atoms with E-state index >= 15 is 0 Å². The van der Waals surface area contributed by atoms with Crippen molar-refractivity contribution >= 4 is 27.5 Å². The van der Waals surface area contributed by atoms with E-state index in [1.807, 2.05) is 5.38 Å². The van der Waals surface area contributed by atoms with Gasteiger partial charge in [0, 0.05) is 10.9 Å². The molecular formula is C19H18N2O3S. The van der Waals surface area contributed by atoms with Crippen LogP contribution in [-0.2, 0) is 17.6 Å². The first-order valence-electron chi connectivity index (χ1n) is 8.39. The molecule has 1 atom stereocenters. The summed E-state index contributed by atoms with van der Waals surface area (Å²) in [7, 11) is 0. The summed E-state index contributed by atoms with van der Waals surface area (Å²) in [6.45, 7) is 1.49. The number of carbonyl (C=O) groups is 1. The second kappa shape index (κ2) is 6.11. The largest absolute Gasteiger partial charge is 0.480 e. The molecule has 2 heterocycles. The molecule has 0 aliphatic heterocycles. The van der Waals surface area contributed by atoms with Crippen molar-refractivity contribution < 1.29 is 9.90 Å². The normalized spacial score (nSPS) is 15.1. The van der Waals surface area contributed by atoms with Crippen LogP contribution >= 0.6 is 11.3 Å². The lowest BCUT2D eigenvalue weighted by Gasteiger charge is -2.16. The third-order valence-electron chi connectivity index (χ3n) is 4.95. The minimum Gasteiger partial charge on any atom is -0.480 e. The molecule has 0 fully saturated rings. The van der Waals surface area contributed by atoms with Gasteiger partial charge < -0.3 is 5.11 Å². The number of fused-ring (bicyclic) bond motifs is 2. The van der Waals surface area contributed by atoms with Gasteiger partial charge in [-0.15, -0.1) is 11.3 Å². The van der Waals surface area contributed by atoms with Crippen LogP contribution in [0.1, 0.15) is 36.9 Å². The van der Waals surface area contributed by atoms with E-state index in [-0.39, 0.29) is 5.56 Å². The van der Waals surface area contributed by atoms with Crippen molar-refractivity contribution in [1.82, 2.24) is 9.55 Å². The standard InChI is InChI=1S/C19H18N2O3S/c1-11(19(23)24)21-10-20-17-16(18(21)22)15(9-25-17)14-7-6-12-4-2-3-5-13(12)8-14/h6-11H,2-5H2,1H3,(H,23,24). The van der Waals surface area contributed by atoms with Crippen LogP contribution in [0.5, 0.6) is 0 Å². The molecule has 0 saturated carbocycles. The summed E-state index contributed by atoms with van der Waals surface area (Å²) in [5.74, 6) is -1.05. The highest BCUT2D eigenvalue weighted by Crippen LogP contribution is 2.33. The topological polar surface area (TPSA) is 72.2 Å². The summed E-state index contributed by atoms with van der Waals surface area (Å²) in [6.07, 6.45) is 5.95. The molecule has 0 radical (unpaired) electrons. The molecule has 25 heavy (non-hydrogen) atoms. The molecule has 4 rings (SSSR count). The Labute approximate surface area is 148 Å². The molecule has 1 aliphatic carbocycles. The predicted octanol–water partition coefficient (Wildman–Crippen LogP) is 3.65. The molecule has 0 saturated heterocycles. The van der Waals surface area contributed by atoms with Crippen LogP contribution in [0, 0.1) is 0 Å². The number of carboxylic acid groups (broad SMARTS) is 1. The molecule has 1 aliphatic rings. The van der Waals surface area contributed by atoms with Crippen molar-refractivity contribution in [2.24, 2.45) is 0 Å². The lowest BCUT2D eigenvalue weighted by molar-refractivity contribution is -0.140. The molecule has 6 heteroatoms. The molecule has 128 valence electrons. The molecule has 3 aromatic rings. The van der Waals surface area contributed by atoms with Crippen LogP contribution in [0.2, 0.25) is 0 Å². The number of hydrogen-bond donors (Lipinski definition) is 1. The van der Waals surface area contributed by atoms with Gasteiger partial charge in [0.15, 0.2) is 0 Å². The van der Waals surface area contributed by atoms with Crippen molar-refractivity contribution in [2.75, 3.05) is 0 Å². The van der Waals surface area contributed by atoms with Crippen LogP contribution in [-0.4, -0.2) is 20.6 Å². The van der Waals surface area contributed by atoms with Gasteiger partial charge in [0.25, 0.3) is 5.56 Å². The Kier molecular flexibility index (Phi) is 3.92. The zero-order valence-corrected chi connectivity index (χ0v) is 14.7. The van der Waals surface area contributed by atoms with E-state index in [0.717, 1.165) is 24.0 Å².